The van der Waals surface area contributed by atoms with Crippen molar-refractivity contribution in [3.8, 4) is 0 Å². The van der Waals surface area contributed by atoms with Gasteiger partial charge in [0.25, 0.3) is 0 Å². The van der Waals surface area contributed by atoms with E-state index in [1.54, 1.807) is 91.0 Å². The maximum Gasteiger partial charge on any atom is 0.246 e. The van der Waals surface area contributed by atoms with Crippen molar-refractivity contribution in [3.63, 3.8) is 0 Å². The van der Waals surface area contributed by atoms with E-state index in [1.165, 1.54) is 0 Å². The third kappa shape index (κ3) is 5.04. The second kappa shape index (κ2) is 9.14. The fourth-order valence-corrected chi connectivity index (χ4v) is 2.56. The molecule has 6 heteroatoms. The topological polar surface area (TPSA) is 87.3 Å². The summed E-state index contributed by atoms with van der Waals surface area (Å²) in [6.45, 7) is 0. The van der Waals surface area contributed by atoms with Crippen LogP contribution in [0.4, 0.5) is 17.1 Å². The molecule has 0 aliphatic heterocycles. The van der Waals surface area contributed by atoms with Crippen molar-refractivity contribution in [1.82, 2.24) is 0 Å². The minimum atomic E-state index is -1.57. The molecule has 0 aliphatic rings. The molecule has 0 bridgehead atoms. The molecule has 3 N–H and O–H groups in total. The molecule has 0 saturated heterocycles. The third-order valence-corrected chi connectivity index (χ3v) is 3.91. The van der Waals surface area contributed by atoms with E-state index < -0.39 is 23.6 Å². The van der Waals surface area contributed by atoms with Crippen LogP contribution in [0.2, 0.25) is 0 Å². The molecule has 140 valence electrons. The maximum atomic E-state index is 12.7. The lowest BCUT2D eigenvalue weighted by Gasteiger charge is -2.17. The highest BCUT2D eigenvalue weighted by Gasteiger charge is 2.34. The first-order chi connectivity index (χ1) is 13.6. The number of amides is 3. The predicted octanol–water partition coefficient (Wildman–Crippen LogP) is 3.52. The monoisotopic (exact) mass is 373 g/mol. The molecular formula is C22H19N3O3. The Hall–Kier alpha value is -3.93. The van der Waals surface area contributed by atoms with Gasteiger partial charge >= 0.3 is 0 Å². The van der Waals surface area contributed by atoms with Gasteiger partial charge in [0.1, 0.15) is 0 Å². The van der Waals surface area contributed by atoms with E-state index in [-0.39, 0.29) is 0 Å². The normalized spacial score (nSPS) is 10.2. The van der Waals surface area contributed by atoms with E-state index >= 15 is 0 Å². The van der Waals surface area contributed by atoms with E-state index in [9.17, 15) is 14.4 Å². The lowest BCUT2D eigenvalue weighted by Crippen LogP contribution is -2.42. The molecule has 0 aromatic heterocycles. The zero-order valence-corrected chi connectivity index (χ0v) is 15.0. The minimum Gasteiger partial charge on any atom is -0.325 e. The van der Waals surface area contributed by atoms with Crippen molar-refractivity contribution < 1.29 is 14.4 Å². The number of anilines is 3. The van der Waals surface area contributed by atoms with E-state index in [2.05, 4.69) is 16.0 Å². The van der Waals surface area contributed by atoms with Crippen molar-refractivity contribution in [2.75, 3.05) is 16.0 Å². The molecule has 0 radical (unpaired) electrons. The van der Waals surface area contributed by atoms with Crippen LogP contribution in [-0.2, 0) is 14.4 Å². The van der Waals surface area contributed by atoms with Gasteiger partial charge in [-0.05, 0) is 36.4 Å². The largest absolute Gasteiger partial charge is 0.325 e. The highest BCUT2D eigenvalue weighted by atomic mass is 16.2. The number of hydrogen-bond donors (Lipinski definition) is 3. The highest BCUT2D eigenvalue weighted by Crippen LogP contribution is 2.14. The molecular weight excluding hydrogens is 354 g/mol. The van der Waals surface area contributed by atoms with Gasteiger partial charge in [-0.1, -0.05) is 54.6 Å². The number of rotatable bonds is 6. The Labute approximate surface area is 162 Å². The first-order valence-corrected chi connectivity index (χ1v) is 8.71. The summed E-state index contributed by atoms with van der Waals surface area (Å²) in [7, 11) is 0. The summed E-state index contributed by atoms with van der Waals surface area (Å²) >= 11 is 0. The molecule has 28 heavy (non-hydrogen) atoms. The lowest BCUT2D eigenvalue weighted by molar-refractivity contribution is -0.136. The van der Waals surface area contributed by atoms with Crippen LogP contribution in [0.3, 0.4) is 0 Å². The Morgan fingerprint density at radius 2 is 0.714 bits per heavy atom. The molecule has 3 amide bonds. The highest BCUT2D eigenvalue weighted by molar-refractivity contribution is 6.26. The summed E-state index contributed by atoms with van der Waals surface area (Å²) in [6, 6.07) is 26.0. The summed E-state index contributed by atoms with van der Waals surface area (Å²) in [5, 5.41) is 7.84. The number of benzene rings is 3. The number of nitrogens with one attached hydrogen (secondary N) is 3. The molecule has 0 aliphatic carbocycles. The summed E-state index contributed by atoms with van der Waals surface area (Å²) in [6.07, 6.45) is 0. The predicted molar refractivity (Wildman–Crippen MR) is 109 cm³/mol. The fourth-order valence-electron chi connectivity index (χ4n) is 2.56. The van der Waals surface area contributed by atoms with Crippen molar-refractivity contribution in [3.05, 3.63) is 91.0 Å². The van der Waals surface area contributed by atoms with Gasteiger partial charge in [-0.25, -0.2) is 0 Å². The first kappa shape index (κ1) is 18.8. The zero-order chi connectivity index (χ0) is 19.8. The second-order valence-corrected chi connectivity index (χ2v) is 6.00. The molecule has 0 heterocycles. The summed E-state index contributed by atoms with van der Waals surface area (Å²) in [4.78, 5) is 38.2. The SMILES string of the molecule is O=C(Nc1ccccc1)C(C(=O)Nc1ccccc1)C(=O)Nc1ccccc1. The maximum absolute atomic E-state index is 12.7. The molecule has 3 rings (SSSR count). The van der Waals surface area contributed by atoms with Gasteiger partial charge in [0.15, 0.2) is 5.92 Å². The smallest absolute Gasteiger partial charge is 0.246 e. The molecule has 3 aromatic carbocycles. The van der Waals surface area contributed by atoms with E-state index in [0.29, 0.717) is 17.1 Å². The van der Waals surface area contributed by atoms with Crippen LogP contribution >= 0.6 is 0 Å². The molecule has 0 unspecified atom stereocenters. The standard InChI is InChI=1S/C22H19N3O3/c26-20(23-16-10-4-1-5-11-16)19(21(27)24-17-12-6-2-7-13-17)22(28)25-18-14-8-3-9-15-18/h1-15,19H,(H,23,26)(H,24,27)(H,25,28). The van der Waals surface area contributed by atoms with Gasteiger partial charge in [0.2, 0.25) is 17.7 Å². The quantitative estimate of drug-likeness (QED) is 0.578. The van der Waals surface area contributed by atoms with Crippen LogP contribution in [0.1, 0.15) is 0 Å². The van der Waals surface area contributed by atoms with Crippen LogP contribution < -0.4 is 16.0 Å². The zero-order valence-electron chi connectivity index (χ0n) is 15.0. The average molecular weight is 373 g/mol. The first-order valence-electron chi connectivity index (χ1n) is 8.71. The summed E-state index contributed by atoms with van der Waals surface area (Å²) in [5.41, 5.74) is 1.49. The van der Waals surface area contributed by atoms with Gasteiger partial charge in [-0.3, -0.25) is 14.4 Å². The second-order valence-electron chi connectivity index (χ2n) is 6.00. The Morgan fingerprint density at radius 3 is 0.964 bits per heavy atom. The fraction of sp³-hybridized carbons (Fsp3) is 0.0455. The van der Waals surface area contributed by atoms with Crippen LogP contribution in [0.15, 0.2) is 91.0 Å². The van der Waals surface area contributed by atoms with Crippen LogP contribution in [0.5, 0.6) is 0 Å². The Morgan fingerprint density at radius 1 is 0.464 bits per heavy atom. The number of carbonyl (C=O) groups excluding carboxylic acids is 3. The molecule has 6 nitrogen and oxygen atoms in total. The molecule has 0 fully saturated rings. The Kier molecular flexibility index (Phi) is 6.15. The van der Waals surface area contributed by atoms with Crippen LogP contribution in [-0.4, -0.2) is 17.7 Å². The van der Waals surface area contributed by atoms with Crippen LogP contribution in [0.25, 0.3) is 0 Å². The van der Waals surface area contributed by atoms with Crippen molar-refractivity contribution in [2.24, 2.45) is 5.92 Å². The molecule has 3 aromatic rings. The van der Waals surface area contributed by atoms with Crippen molar-refractivity contribution in [1.29, 1.82) is 0 Å². The Bertz CT molecular complexity index is 817. The third-order valence-electron chi connectivity index (χ3n) is 3.91. The molecule has 0 spiro atoms. The molecule has 0 saturated carbocycles. The summed E-state index contributed by atoms with van der Waals surface area (Å²) < 4.78 is 0. The van der Waals surface area contributed by atoms with Gasteiger partial charge in [-0.15, -0.1) is 0 Å². The number of hydrogen-bond acceptors (Lipinski definition) is 3. The molecule has 0 atom stereocenters. The van der Waals surface area contributed by atoms with Crippen molar-refractivity contribution in [2.45, 2.75) is 0 Å². The van der Waals surface area contributed by atoms with Gasteiger partial charge in [-0.2, -0.15) is 0 Å². The Balaban J connectivity index is 1.80. The van der Waals surface area contributed by atoms with Gasteiger partial charge < -0.3 is 16.0 Å². The van der Waals surface area contributed by atoms with Gasteiger partial charge in [0.05, 0.1) is 0 Å². The number of carbonyl (C=O) groups is 3. The average Bonchev–Trinajstić information content (AvgIpc) is 2.70. The van der Waals surface area contributed by atoms with Crippen LogP contribution in [0, 0.1) is 5.92 Å². The van der Waals surface area contributed by atoms with Gasteiger partial charge in [0, 0.05) is 17.1 Å². The van der Waals surface area contributed by atoms with Crippen molar-refractivity contribution >= 4 is 34.8 Å². The van der Waals surface area contributed by atoms with E-state index in [0.717, 1.165) is 0 Å². The lowest BCUT2D eigenvalue weighted by atomic mass is 10.1. The summed E-state index contributed by atoms with van der Waals surface area (Å²) in [5.74, 6) is -3.71. The minimum absolute atomic E-state index is 0.498. The number of para-hydroxylation sites is 3. The van der Waals surface area contributed by atoms with E-state index in [1.807, 2.05) is 0 Å². The van der Waals surface area contributed by atoms with E-state index in [4.69, 9.17) is 0 Å².